The summed E-state index contributed by atoms with van der Waals surface area (Å²) in [5, 5.41) is 0. The molecule has 0 saturated heterocycles. The molecule has 0 unspecified atom stereocenters. The molecule has 0 aromatic heterocycles. The van der Waals surface area contributed by atoms with Gasteiger partial charge < -0.3 is 9.47 Å². The highest BCUT2D eigenvalue weighted by molar-refractivity contribution is 5.87. The quantitative estimate of drug-likeness (QED) is 0.431. The normalized spacial score (nSPS) is 10.9. The molecule has 120 valence electrons. The van der Waals surface area contributed by atoms with Gasteiger partial charge in [-0.2, -0.15) is 0 Å². The summed E-state index contributed by atoms with van der Waals surface area (Å²) in [5.74, 6) is 0.904. The molecule has 0 amide bonds. The highest BCUT2D eigenvalue weighted by Gasteiger charge is 2.00. The molecule has 2 aromatic rings. The van der Waals surface area contributed by atoms with Gasteiger partial charge in [-0.3, -0.25) is 0 Å². The summed E-state index contributed by atoms with van der Waals surface area (Å²) >= 11 is 0. The van der Waals surface area contributed by atoms with Gasteiger partial charge >= 0.3 is 5.97 Å². The molecule has 0 radical (unpaired) electrons. The predicted molar refractivity (Wildman–Crippen MR) is 92.5 cm³/mol. The van der Waals surface area contributed by atoms with Crippen LogP contribution in [0, 0.1) is 0 Å². The lowest BCUT2D eigenvalue weighted by atomic mass is 10.0. The number of carbonyl (C=O) groups is 1. The van der Waals surface area contributed by atoms with Gasteiger partial charge in [0.25, 0.3) is 0 Å². The molecule has 0 fully saturated rings. The van der Waals surface area contributed by atoms with Crippen molar-refractivity contribution in [2.75, 3.05) is 13.2 Å². The second-order valence-corrected chi connectivity index (χ2v) is 5.48. The fourth-order valence-corrected chi connectivity index (χ4v) is 2.02. The third-order valence-corrected chi connectivity index (χ3v) is 3.35. The van der Waals surface area contributed by atoms with E-state index in [1.165, 1.54) is 11.6 Å². The molecule has 0 aliphatic heterocycles. The molecule has 0 aliphatic carbocycles. The van der Waals surface area contributed by atoms with Crippen molar-refractivity contribution in [1.82, 2.24) is 0 Å². The van der Waals surface area contributed by atoms with Crippen LogP contribution in [0.15, 0.2) is 60.7 Å². The molecule has 2 aromatic carbocycles. The van der Waals surface area contributed by atoms with Crippen LogP contribution in [0.4, 0.5) is 0 Å². The van der Waals surface area contributed by atoms with Crippen molar-refractivity contribution in [1.29, 1.82) is 0 Å². The Morgan fingerprint density at radius 1 is 1.00 bits per heavy atom. The highest BCUT2D eigenvalue weighted by atomic mass is 16.6. The van der Waals surface area contributed by atoms with Crippen molar-refractivity contribution in [3.05, 3.63) is 71.8 Å². The summed E-state index contributed by atoms with van der Waals surface area (Å²) in [6, 6.07) is 17.6. The second kappa shape index (κ2) is 8.79. The van der Waals surface area contributed by atoms with Crippen LogP contribution in [0.5, 0.6) is 5.75 Å². The van der Waals surface area contributed by atoms with E-state index in [9.17, 15) is 4.79 Å². The van der Waals surface area contributed by atoms with Crippen molar-refractivity contribution in [2.24, 2.45) is 0 Å². The number of esters is 1. The molecule has 3 heteroatoms. The summed E-state index contributed by atoms with van der Waals surface area (Å²) in [4.78, 5) is 11.6. The largest absolute Gasteiger partial charge is 0.490 e. The molecule has 0 atom stereocenters. The Bertz CT molecular complexity index is 628. The van der Waals surface area contributed by atoms with Crippen LogP contribution in [-0.4, -0.2) is 19.2 Å². The van der Waals surface area contributed by atoms with Crippen molar-refractivity contribution >= 4 is 12.0 Å². The maximum absolute atomic E-state index is 11.6. The first kappa shape index (κ1) is 16.8. The van der Waals surface area contributed by atoms with Crippen LogP contribution in [0.1, 0.15) is 30.9 Å². The number of benzene rings is 2. The highest BCUT2D eigenvalue weighted by Crippen LogP contribution is 2.15. The fourth-order valence-electron chi connectivity index (χ4n) is 2.02. The summed E-state index contributed by atoms with van der Waals surface area (Å²) in [6.45, 7) is 4.87. The molecule has 0 saturated carbocycles. The first-order valence-electron chi connectivity index (χ1n) is 7.78. The minimum atomic E-state index is -0.366. The average Bonchev–Trinajstić information content (AvgIpc) is 2.58. The Labute approximate surface area is 137 Å². The van der Waals surface area contributed by atoms with Gasteiger partial charge in [-0.05, 0) is 35.3 Å². The van der Waals surface area contributed by atoms with Crippen molar-refractivity contribution in [3.8, 4) is 5.75 Å². The van der Waals surface area contributed by atoms with Crippen LogP contribution in [0.3, 0.4) is 0 Å². The summed E-state index contributed by atoms with van der Waals surface area (Å²) in [5.41, 5.74) is 2.26. The fraction of sp³-hybridized carbons (Fsp3) is 0.250. The minimum Gasteiger partial charge on any atom is -0.490 e. The topological polar surface area (TPSA) is 35.5 Å². The van der Waals surface area contributed by atoms with Crippen LogP contribution >= 0.6 is 0 Å². The van der Waals surface area contributed by atoms with Gasteiger partial charge in [0.1, 0.15) is 19.0 Å². The van der Waals surface area contributed by atoms with Crippen LogP contribution in [0.25, 0.3) is 6.08 Å². The first-order chi connectivity index (χ1) is 11.1. The standard InChI is InChI=1S/C20H22O3/c1-16(2)18-11-8-17(9-12-18)10-13-20(21)23-15-14-22-19-6-4-3-5-7-19/h3-13,16H,14-15H2,1-2H3/b13-10+. The number of hydrogen-bond acceptors (Lipinski definition) is 3. The van der Waals surface area contributed by atoms with E-state index >= 15 is 0 Å². The minimum absolute atomic E-state index is 0.227. The molecule has 2 rings (SSSR count). The van der Waals surface area contributed by atoms with Crippen LogP contribution < -0.4 is 4.74 Å². The molecule has 23 heavy (non-hydrogen) atoms. The van der Waals surface area contributed by atoms with E-state index in [2.05, 4.69) is 26.0 Å². The zero-order chi connectivity index (χ0) is 16.5. The van der Waals surface area contributed by atoms with E-state index in [1.54, 1.807) is 6.08 Å². The number of rotatable bonds is 7. The summed E-state index contributed by atoms with van der Waals surface area (Å²) in [7, 11) is 0. The summed E-state index contributed by atoms with van der Waals surface area (Å²) < 4.78 is 10.6. The number of ether oxygens (including phenoxy) is 2. The SMILES string of the molecule is CC(C)c1ccc(/C=C/C(=O)OCCOc2ccccc2)cc1. The first-order valence-corrected chi connectivity index (χ1v) is 7.78. The van der Waals surface area contributed by atoms with Gasteiger partial charge in [-0.15, -0.1) is 0 Å². The second-order valence-electron chi connectivity index (χ2n) is 5.48. The van der Waals surface area contributed by atoms with E-state index in [0.717, 1.165) is 11.3 Å². The van der Waals surface area contributed by atoms with Crippen molar-refractivity contribution < 1.29 is 14.3 Å². The third kappa shape index (κ3) is 5.99. The van der Waals surface area contributed by atoms with Gasteiger partial charge in [0.05, 0.1) is 0 Å². The van der Waals surface area contributed by atoms with Crippen LogP contribution in [-0.2, 0) is 9.53 Å². The maximum atomic E-state index is 11.6. The van der Waals surface area contributed by atoms with Gasteiger partial charge in [0, 0.05) is 6.08 Å². The van der Waals surface area contributed by atoms with Gasteiger partial charge in [-0.25, -0.2) is 4.79 Å². The van der Waals surface area contributed by atoms with E-state index < -0.39 is 0 Å². The molecular weight excluding hydrogens is 288 g/mol. The van der Waals surface area contributed by atoms with E-state index in [1.807, 2.05) is 42.5 Å². The van der Waals surface area contributed by atoms with Gasteiger partial charge in [-0.1, -0.05) is 56.3 Å². The molecule has 0 bridgehead atoms. The zero-order valence-electron chi connectivity index (χ0n) is 13.6. The number of para-hydroxylation sites is 1. The monoisotopic (exact) mass is 310 g/mol. The predicted octanol–water partition coefficient (Wildman–Crippen LogP) is 4.45. The Kier molecular flexibility index (Phi) is 6.42. The van der Waals surface area contributed by atoms with Gasteiger partial charge in [0.15, 0.2) is 0 Å². The van der Waals surface area contributed by atoms with E-state index in [0.29, 0.717) is 12.5 Å². The number of carbonyl (C=O) groups excluding carboxylic acids is 1. The van der Waals surface area contributed by atoms with Crippen molar-refractivity contribution in [3.63, 3.8) is 0 Å². The lowest BCUT2D eigenvalue weighted by Gasteiger charge is -2.06. The third-order valence-electron chi connectivity index (χ3n) is 3.35. The molecule has 0 spiro atoms. The molecule has 0 aliphatic rings. The zero-order valence-corrected chi connectivity index (χ0v) is 13.6. The van der Waals surface area contributed by atoms with Crippen LogP contribution in [0.2, 0.25) is 0 Å². The molecule has 0 N–H and O–H groups in total. The Hall–Kier alpha value is -2.55. The maximum Gasteiger partial charge on any atom is 0.330 e. The van der Waals surface area contributed by atoms with E-state index in [-0.39, 0.29) is 12.6 Å². The Morgan fingerprint density at radius 3 is 2.35 bits per heavy atom. The summed E-state index contributed by atoms with van der Waals surface area (Å²) in [6.07, 6.45) is 3.19. The van der Waals surface area contributed by atoms with Crippen molar-refractivity contribution in [2.45, 2.75) is 19.8 Å². The Balaban J connectivity index is 1.71. The molecule has 3 nitrogen and oxygen atoms in total. The molecular formula is C20H22O3. The molecule has 0 heterocycles. The van der Waals surface area contributed by atoms with E-state index in [4.69, 9.17) is 9.47 Å². The average molecular weight is 310 g/mol. The Morgan fingerprint density at radius 2 is 1.70 bits per heavy atom. The number of hydrogen-bond donors (Lipinski definition) is 0. The lowest BCUT2D eigenvalue weighted by molar-refractivity contribution is -0.138. The lowest BCUT2D eigenvalue weighted by Crippen LogP contribution is -2.10. The van der Waals surface area contributed by atoms with Gasteiger partial charge in [0.2, 0.25) is 0 Å². The smallest absolute Gasteiger partial charge is 0.330 e.